The smallest absolute Gasteiger partial charge is 0.262 e. The van der Waals surface area contributed by atoms with Crippen LogP contribution in [0.1, 0.15) is 28.1 Å². The zero-order chi connectivity index (χ0) is 19.0. The molecule has 0 radical (unpaired) electrons. The van der Waals surface area contributed by atoms with E-state index in [0.717, 1.165) is 31.7 Å². The van der Waals surface area contributed by atoms with Crippen LogP contribution in [0.15, 0.2) is 29.7 Å². The fourth-order valence-corrected chi connectivity index (χ4v) is 4.43. The molecule has 0 atom stereocenters. The Morgan fingerprint density at radius 2 is 2.04 bits per heavy atom. The first-order valence-corrected chi connectivity index (χ1v) is 9.63. The van der Waals surface area contributed by atoms with Gasteiger partial charge in [-0.25, -0.2) is 9.97 Å². The minimum Gasteiger partial charge on any atom is -0.355 e. The Labute approximate surface area is 159 Å². The van der Waals surface area contributed by atoms with E-state index in [0.29, 0.717) is 20.7 Å². The largest absolute Gasteiger partial charge is 0.355 e. The molecule has 0 aliphatic carbocycles. The van der Waals surface area contributed by atoms with E-state index in [1.165, 1.54) is 22.2 Å². The summed E-state index contributed by atoms with van der Waals surface area (Å²) >= 11 is 1.28. The molecule has 0 unspecified atom stereocenters. The first-order valence-electron chi connectivity index (χ1n) is 8.81. The standard InChI is InChI=1S/C18H20N6O2S/c1-11-14-17(21-10-23(2)18(14)26)27-15(11)16(25)22-12-3-7-24(8-4-12)13-9-19-5-6-20-13/h5-6,9-10,12H,3-4,7-8H2,1-2H3,(H,22,25). The van der Waals surface area contributed by atoms with Crippen molar-refractivity contribution in [1.29, 1.82) is 0 Å². The third-order valence-electron chi connectivity index (χ3n) is 4.92. The van der Waals surface area contributed by atoms with Gasteiger partial charge in [0, 0.05) is 38.6 Å². The molecule has 1 N–H and O–H groups in total. The van der Waals surface area contributed by atoms with E-state index in [-0.39, 0.29) is 17.5 Å². The first kappa shape index (κ1) is 17.6. The highest BCUT2D eigenvalue weighted by Gasteiger charge is 2.24. The molecule has 3 aromatic rings. The summed E-state index contributed by atoms with van der Waals surface area (Å²) in [6.45, 7) is 3.45. The fraction of sp³-hybridized carbons (Fsp3) is 0.389. The number of hydrogen-bond acceptors (Lipinski definition) is 7. The lowest BCUT2D eigenvalue weighted by Crippen LogP contribution is -2.45. The molecule has 4 heterocycles. The van der Waals surface area contributed by atoms with Gasteiger partial charge in [-0.15, -0.1) is 11.3 Å². The summed E-state index contributed by atoms with van der Waals surface area (Å²) < 4.78 is 1.44. The molecule has 0 bridgehead atoms. The normalized spacial score (nSPS) is 15.3. The summed E-state index contributed by atoms with van der Waals surface area (Å²) in [7, 11) is 1.66. The van der Waals surface area contributed by atoms with Gasteiger partial charge in [0.25, 0.3) is 11.5 Å². The van der Waals surface area contributed by atoms with Crippen molar-refractivity contribution in [2.45, 2.75) is 25.8 Å². The summed E-state index contributed by atoms with van der Waals surface area (Å²) in [5, 5.41) is 3.65. The number of piperidine rings is 1. The highest BCUT2D eigenvalue weighted by molar-refractivity contribution is 7.20. The first-order chi connectivity index (χ1) is 13.0. The molecule has 0 aromatic carbocycles. The van der Waals surface area contributed by atoms with Crippen LogP contribution in [0.3, 0.4) is 0 Å². The predicted molar refractivity (Wildman–Crippen MR) is 104 cm³/mol. The van der Waals surface area contributed by atoms with Crippen molar-refractivity contribution in [1.82, 2.24) is 24.8 Å². The number of carbonyl (C=O) groups excluding carboxylic acids is 1. The van der Waals surface area contributed by atoms with Gasteiger partial charge in [-0.2, -0.15) is 0 Å². The van der Waals surface area contributed by atoms with Crippen molar-refractivity contribution in [3.8, 4) is 0 Å². The van der Waals surface area contributed by atoms with Crippen LogP contribution in [-0.4, -0.2) is 44.6 Å². The number of carbonyl (C=O) groups is 1. The van der Waals surface area contributed by atoms with Crippen LogP contribution in [0.4, 0.5) is 5.82 Å². The zero-order valence-electron chi connectivity index (χ0n) is 15.2. The van der Waals surface area contributed by atoms with E-state index in [1.807, 2.05) is 6.92 Å². The summed E-state index contributed by atoms with van der Waals surface area (Å²) in [6.07, 6.45) is 8.27. The number of rotatable bonds is 3. The van der Waals surface area contributed by atoms with Crippen molar-refractivity contribution < 1.29 is 4.79 Å². The minimum absolute atomic E-state index is 0.103. The number of amides is 1. The number of aryl methyl sites for hydroxylation is 2. The van der Waals surface area contributed by atoms with Crippen molar-refractivity contribution >= 4 is 33.3 Å². The molecule has 1 saturated heterocycles. The maximum absolute atomic E-state index is 12.8. The Kier molecular flexibility index (Phi) is 4.61. The molecular formula is C18H20N6O2S. The molecule has 1 fully saturated rings. The summed E-state index contributed by atoms with van der Waals surface area (Å²) in [5.74, 6) is 0.736. The van der Waals surface area contributed by atoms with E-state index in [2.05, 4.69) is 25.2 Å². The van der Waals surface area contributed by atoms with Crippen molar-refractivity contribution in [2.75, 3.05) is 18.0 Å². The molecular weight excluding hydrogens is 364 g/mol. The number of anilines is 1. The lowest BCUT2D eigenvalue weighted by atomic mass is 10.0. The molecule has 8 nitrogen and oxygen atoms in total. The fourth-order valence-electron chi connectivity index (χ4n) is 3.38. The van der Waals surface area contributed by atoms with Gasteiger partial charge in [0.15, 0.2) is 0 Å². The Hall–Kier alpha value is -2.81. The lowest BCUT2D eigenvalue weighted by Gasteiger charge is -2.32. The Morgan fingerprint density at radius 3 is 2.74 bits per heavy atom. The third kappa shape index (κ3) is 3.30. The van der Waals surface area contributed by atoms with Crippen LogP contribution in [0.2, 0.25) is 0 Å². The van der Waals surface area contributed by atoms with E-state index in [9.17, 15) is 9.59 Å². The van der Waals surface area contributed by atoms with Gasteiger partial charge >= 0.3 is 0 Å². The number of hydrogen-bond donors (Lipinski definition) is 1. The molecule has 9 heteroatoms. The van der Waals surface area contributed by atoms with Crippen LogP contribution >= 0.6 is 11.3 Å². The summed E-state index contributed by atoms with van der Waals surface area (Å²) in [4.78, 5) is 41.2. The summed E-state index contributed by atoms with van der Waals surface area (Å²) in [5.41, 5.74) is 0.586. The van der Waals surface area contributed by atoms with E-state index >= 15 is 0 Å². The minimum atomic E-state index is -0.129. The second-order valence-corrected chi connectivity index (χ2v) is 7.69. The Bertz CT molecular complexity index is 1040. The quantitative estimate of drug-likeness (QED) is 0.735. The molecule has 140 valence electrons. The molecule has 0 saturated carbocycles. The van der Waals surface area contributed by atoms with Crippen LogP contribution in [-0.2, 0) is 7.05 Å². The number of thiophene rings is 1. The van der Waals surface area contributed by atoms with Crippen molar-refractivity contribution in [2.24, 2.45) is 7.05 Å². The average molecular weight is 384 g/mol. The van der Waals surface area contributed by atoms with Gasteiger partial charge in [-0.3, -0.25) is 14.6 Å². The van der Waals surface area contributed by atoms with Crippen LogP contribution in [0.25, 0.3) is 10.2 Å². The van der Waals surface area contributed by atoms with Gasteiger partial charge in [0.2, 0.25) is 0 Å². The molecule has 1 aliphatic rings. The number of fused-ring (bicyclic) bond motifs is 1. The molecule has 27 heavy (non-hydrogen) atoms. The summed E-state index contributed by atoms with van der Waals surface area (Å²) in [6, 6.07) is 0.103. The Balaban J connectivity index is 1.46. The monoisotopic (exact) mass is 384 g/mol. The average Bonchev–Trinajstić information content (AvgIpc) is 3.03. The number of nitrogens with one attached hydrogen (secondary N) is 1. The maximum atomic E-state index is 12.8. The third-order valence-corrected chi connectivity index (χ3v) is 6.12. The van der Waals surface area contributed by atoms with Gasteiger partial charge in [0.1, 0.15) is 10.6 Å². The predicted octanol–water partition coefficient (Wildman–Crippen LogP) is 1.49. The second-order valence-electron chi connectivity index (χ2n) is 6.70. The molecule has 4 rings (SSSR count). The van der Waals surface area contributed by atoms with E-state index in [4.69, 9.17) is 0 Å². The molecule has 0 spiro atoms. The second kappa shape index (κ2) is 7.07. The molecule has 3 aromatic heterocycles. The number of nitrogens with zero attached hydrogens (tertiary/aromatic N) is 5. The van der Waals surface area contributed by atoms with Crippen LogP contribution in [0, 0.1) is 6.92 Å². The molecule has 1 amide bonds. The number of aromatic nitrogens is 4. The van der Waals surface area contributed by atoms with Gasteiger partial charge < -0.3 is 14.8 Å². The Morgan fingerprint density at radius 1 is 1.26 bits per heavy atom. The lowest BCUT2D eigenvalue weighted by molar-refractivity contribution is 0.0934. The van der Waals surface area contributed by atoms with Crippen molar-refractivity contribution in [3.05, 3.63) is 45.7 Å². The van der Waals surface area contributed by atoms with Gasteiger partial charge in [-0.05, 0) is 25.3 Å². The molecule has 1 aliphatic heterocycles. The highest BCUT2D eigenvalue weighted by atomic mass is 32.1. The van der Waals surface area contributed by atoms with Crippen LogP contribution < -0.4 is 15.8 Å². The van der Waals surface area contributed by atoms with Gasteiger partial charge in [0.05, 0.1) is 22.8 Å². The van der Waals surface area contributed by atoms with E-state index < -0.39 is 0 Å². The van der Waals surface area contributed by atoms with Crippen molar-refractivity contribution in [3.63, 3.8) is 0 Å². The van der Waals surface area contributed by atoms with E-state index in [1.54, 1.807) is 25.6 Å². The highest BCUT2D eigenvalue weighted by Crippen LogP contribution is 2.27. The SMILES string of the molecule is Cc1c(C(=O)NC2CCN(c3cnccn3)CC2)sc2ncn(C)c(=O)c12. The topological polar surface area (TPSA) is 93.0 Å². The zero-order valence-corrected chi connectivity index (χ0v) is 16.0. The maximum Gasteiger partial charge on any atom is 0.262 e. The van der Waals surface area contributed by atoms with Gasteiger partial charge in [-0.1, -0.05) is 0 Å². The van der Waals surface area contributed by atoms with Crippen LogP contribution in [0.5, 0.6) is 0 Å².